The summed E-state index contributed by atoms with van der Waals surface area (Å²) in [4.78, 5) is 25.9. The molecule has 19 heavy (non-hydrogen) atoms. The summed E-state index contributed by atoms with van der Waals surface area (Å²) in [6.07, 6.45) is 2.29. The molecule has 1 heterocycles. The van der Waals surface area contributed by atoms with Gasteiger partial charge in [-0.2, -0.15) is 0 Å². The number of carbonyl (C=O) groups excluding carboxylic acids is 2. The first-order chi connectivity index (χ1) is 8.83. The number of amides is 2. The van der Waals surface area contributed by atoms with Crippen molar-refractivity contribution in [3.8, 4) is 0 Å². The van der Waals surface area contributed by atoms with Crippen LogP contribution in [-0.4, -0.2) is 42.9 Å². The van der Waals surface area contributed by atoms with Crippen molar-refractivity contribution in [3.05, 3.63) is 0 Å². The predicted molar refractivity (Wildman–Crippen MR) is 75.4 cm³/mol. The Balaban J connectivity index is 2.50. The number of nitrogens with zero attached hydrogens (tertiary/aromatic N) is 1. The van der Waals surface area contributed by atoms with Gasteiger partial charge < -0.3 is 16.0 Å². The number of likely N-dealkylation sites (tertiary alicyclic amines) is 1. The van der Waals surface area contributed by atoms with Crippen LogP contribution in [-0.2, 0) is 9.59 Å². The second kappa shape index (κ2) is 6.89. The second-order valence-corrected chi connectivity index (χ2v) is 6.50. The summed E-state index contributed by atoms with van der Waals surface area (Å²) in [5.74, 6) is 0.103. The Morgan fingerprint density at radius 3 is 2.63 bits per heavy atom. The van der Waals surface area contributed by atoms with Crippen LogP contribution >= 0.6 is 0 Å². The molecule has 0 aromatic rings. The fraction of sp³-hybridized carbons (Fsp3) is 0.857. The van der Waals surface area contributed by atoms with Gasteiger partial charge in [0.05, 0.1) is 5.92 Å². The van der Waals surface area contributed by atoms with Gasteiger partial charge in [0, 0.05) is 32.6 Å². The van der Waals surface area contributed by atoms with Crippen molar-refractivity contribution < 1.29 is 9.59 Å². The third kappa shape index (κ3) is 5.59. The smallest absolute Gasteiger partial charge is 0.224 e. The lowest BCUT2D eigenvalue weighted by molar-refractivity contribution is -0.137. The van der Waals surface area contributed by atoms with Crippen LogP contribution in [0.5, 0.6) is 0 Å². The van der Waals surface area contributed by atoms with Crippen molar-refractivity contribution in [2.75, 3.05) is 26.2 Å². The number of nitrogens with one attached hydrogen (secondary N) is 1. The van der Waals surface area contributed by atoms with E-state index in [-0.39, 0.29) is 23.1 Å². The van der Waals surface area contributed by atoms with E-state index in [0.717, 1.165) is 19.4 Å². The van der Waals surface area contributed by atoms with Gasteiger partial charge in [0.2, 0.25) is 11.8 Å². The molecule has 1 aliphatic heterocycles. The van der Waals surface area contributed by atoms with E-state index >= 15 is 0 Å². The van der Waals surface area contributed by atoms with Gasteiger partial charge >= 0.3 is 0 Å². The number of carbonyl (C=O) groups is 2. The number of nitrogens with two attached hydrogens (primary N) is 1. The maximum Gasteiger partial charge on any atom is 0.224 e. The van der Waals surface area contributed by atoms with Crippen LogP contribution in [0.4, 0.5) is 0 Å². The highest BCUT2D eigenvalue weighted by Crippen LogP contribution is 2.23. The molecule has 1 atom stereocenters. The molecule has 0 aromatic heterocycles. The summed E-state index contributed by atoms with van der Waals surface area (Å²) < 4.78 is 0. The summed E-state index contributed by atoms with van der Waals surface area (Å²) in [6, 6.07) is 0. The lowest BCUT2D eigenvalue weighted by Gasteiger charge is -2.33. The van der Waals surface area contributed by atoms with E-state index in [1.165, 1.54) is 0 Å². The van der Waals surface area contributed by atoms with Gasteiger partial charge in [-0.25, -0.2) is 0 Å². The zero-order valence-electron chi connectivity index (χ0n) is 12.4. The van der Waals surface area contributed by atoms with Crippen molar-refractivity contribution in [2.45, 2.75) is 40.0 Å². The lowest BCUT2D eigenvalue weighted by Crippen LogP contribution is -2.46. The van der Waals surface area contributed by atoms with E-state index in [9.17, 15) is 9.59 Å². The monoisotopic (exact) mass is 269 g/mol. The molecule has 0 radical (unpaired) electrons. The molecule has 0 bridgehead atoms. The molecular weight excluding hydrogens is 242 g/mol. The van der Waals surface area contributed by atoms with Crippen LogP contribution in [0, 0.1) is 11.3 Å². The third-order valence-electron chi connectivity index (χ3n) is 3.27. The molecule has 0 spiro atoms. The minimum atomic E-state index is -0.0794. The molecule has 1 aliphatic rings. The van der Waals surface area contributed by atoms with Gasteiger partial charge in [0.15, 0.2) is 0 Å². The van der Waals surface area contributed by atoms with Gasteiger partial charge in [-0.3, -0.25) is 9.59 Å². The summed E-state index contributed by atoms with van der Waals surface area (Å²) >= 11 is 0. The Morgan fingerprint density at radius 1 is 1.37 bits per heavy atom. The molecular formula is C14H27N3O2. The van der Waals surface area contributed by atoms with Crippen molar-refractivity contribution >= 4 is 11.8 Å². The average molecular weight is 269 g/mol. The normalized spacial score (nSPS) is 20.2. The van der Waals surface area contributed by atoms with Crippen LogP contribution in [0.3, 0.4) is 0 Å². The topological polar surface area (TPSA) is 75.4 Å². The number of piperidine rings is 1. The summed E-state index contributed by atoms with van der Waals surface area (Å²) in [6.45, 7) is 8.44. The van der Waals surface area contributed by atoms with Gasteiger partial charge in [0.25, 0.3) is 0 Å². The van der Waals surface area contributed by atoms with Crippen LogP contribution in [0.2, 0.25) is 0 Å². The fourth-order valence-corrected chi connectivity index (χ4v) is 2.32. The SMILES string of the molecule is CC(C)(C)CC(=O)N1CCCC(C(=O)NCCN)C1. The highest BCUT2D eigenvalue weighted by molar-refractivity contribution is 5.81. The van der Waals surface area contributed by atoms with Crippen molar-refractivity contribution in [1.82, 2.24) is 10.2 Å². The summed E-state index contributed by atoms with van der Waals surface area (Å²) in [5.41, 5.74) is 5.36. The molecule has 0 aliphatic carbocycles. The lowest BCUT2D eigenvalue weighted by atomic mass is 9.90. The van der Waals surface area contributed by atoms with Gasteiger partial charge in [-0.05, 0) is 18.3 Å². The Hall–Kier alpha value is -1.10. The van der Waals surface area contributed by atoms with Crippen molar-refractivity contribution in [3.63, 3.8) is 0 Å². The van der Waals surface area contributed by atoms with Gasteiger partial charge in [-0.1, -0.05) is 20.8 Å². The average Bonchev–Trinajstić information content (AvgIpc) is 2.34. The van der Waals surface area contributed by atoms with Crippen molar-refractivity contribution in [2.24, 2.45) is 17.1 Å². The van der Waals surface area contributed by atoms with Crippen LogP contribution in [0.15, 0.2) is 0 Å². The quantitative estimate of drug-likeness (QED) is 0.790. The first kappa shape index (κ1) is 16.0. The first-order valence-corrected chi connectivity index (χ1v) is 7.09. The standard InChI is InChI=1S/C14H27N3O2/c1-14(2,3)9-12(18)17-8-4-5-11(10-17)13(19)16-7-6-15/h11H,4-10,15H2,1-3H3,(H,16,19). The summed E-state index contributed by atoms with van der Waals surface area (Å²) in [5, 5.41) is 2.81. The molecule has 2 amide bonds. The maximum absolute atomic E-state index is 12.2. The molecule has 0 saturated carbocycles. The fourth-order valence-electron chi connectivity index (χ4n) is 2.32. The number of rotatable bonds is 4. The Kier molecular flexibility index (Phi) is 5.79. The third-order valence-corrected chi connectivity index (χ3v) is 3.27. The zero-order valence-corrected chi connectivity index (χ0v) is 12.4. The Morgan fingerprint density at radius 2 is 2.05 bits per heavy atom. The van der Waals surface area contributed by atoms with E-state index in [1.807, 2.05) is 4.90 Å². The molecule has 5 heteroatoms. The summed E-state index contributed by atoms with van der Waals surface area (Å²) in [7, 11) is 0. The number of hydrogen-bond acceptors (Lipinski definition) is 3. The first-order valence-electron chi connectivity index (χ1n) is 7.09. The minimum absolute atomic E-state index is 0.00810. The van der Waals surface area contributed by atoms with Crippen LogP contribution in [0.25, 0.3) is 0 Å². The molecule has 1 rings (SSSR count). The van der Waals surface area contributed by atoms with Crippen LogP contribution < -0.4 is 11.1 Å². The molecule has 1 saturated heterocycles. The van der Waals surface area contributed by atoms with E-state index in [2.05, 4.69) is 26.1 Å². The van der Waals surface area contributed by atoms with Crippen LogP contribution in [0.1, 0.15) is 40.0 Å². The maximum atomic E-state index is 12.2. The molecule has 0 aromatic carbocycles. The Bertz CT molecular complexity index is 323. The number of hydrogen-bond donors (Lipinski definition) is 2. The molecule has 110 valence electrons. The highest BCUT2D eigenvalue weighted by Gasteiger charge is 2.29. The minimum Gasteiger partial charge on any atom is -0.355 e. The Labute approximate surface area is 115 Å². The van der Waals surface area contributed by atoms with Gasteiger partial charge in [0.1, 0.15) is 0 Å². The van der Waals surface area contributed by atoms with E-state index in [0.29, 0.717) is 26.1 Å². The van der Waals surface area contributed by atoms with E-state index < -0.39 is 0 Å². The van der Waals surface area contributed by atoms with E-state index in [4.69, 9.17) is 5.73 Å². The molecule has 3 N–H and O–H groups in total. The molecule has 5 nitrogen and oxygen atoms in total. The van der Waals surface area contributed by atoms with Gasteiger partial charge in [-0.15, -0.1) is 0 Å². The zero-order chi connectivity index (χ0) is 14.5. The highest BCUT2D eigenvalue weighted by atomic mass is 16.2. The molecule has 1 unspecified atom stereocenters. The van der Waals surface area contributed by atoms with Crippen molar-refractivity contribution in [1.29, 1.82) is 0 Å². The molecule has 1 fully saturated rings. The largest absolute Gasteiger partial charge is 0.355 e. The second-order valence-electron chi connectivity index (χ2n) is 6.50. The van der Waals surface area contributed by atoms with E-state index in [1.54, 1.807) is 0 Å². The predicted octanol–water partition coefficient (Wildman–Crippen LogP) is 0.736.